The number of hydrogen-bond acceptors (Lipinski definition) is 6. The van der Waals surface area contributed by atoms with Crippen LogP contribution in [0.1, 0.15) is 32.3 Å². The van der Waals surface area contributed by atoms with Gasteiger partial charge >= 0.3 is 0 Å². The Bertz CT molecular complexity index is 1140. The molecule has 4 heterocycles. The molecule has 1 aliphatic rings. The first kappa shape index (κ1) is 20.7. The largest absolute Gasteiger partial charge is 0.492 e. The van der Waals surface area contributed by atoms with Gasteiger partial charge in [0, 0.05) is 36.0 Å². The lowest BCUT2D eigenvalue weighted by Crippen LogP contribution is -2.51. The molecule has 1 N–H and O–H groups in total. The molecule has 0 amide bonds. The highest BCUT2D eigenvalue weighted by molar-refractivity contribution is 5.85. The molecule has 0 spiro atoms. The number of pyridine rings is 2. The number of aromatic nitrogens is 3. The summed E-state index contributed by atoms with van der Waals surface area (Å²) in [5, 5.41) is 17.3. The summed E-state index contributed by atoms with van der Waals surface area (Å²) in [6, 6.07) is 8.26. The average Bonchev–Trinajstić information content (AvgIpc) is 3.21. The van der Waals surface area contributed by atoms with Gasteiger partial charge < -0.3 is 15.0 Å². The number of piperidine rings is 1. The Balaban J connectivity index is 1.59. The summed E-state index contributed by atoms with van der Waals surface area (Å²) in [6.45, 7) is 7.16. The number of terminal acetylenes is 1. The van der Waals surface area contributed by atoms with E-state index in [1.54, 1.807) is 16.9 Å². The van der Waals surface area contributed by atoms with Crippen LogP contribution in [0.4, 0.5) is 5.82 Å². The lowest BCUT2D eigenvalue weighted by atomic mass is 9.89. The van der Waals surface area contributed by atoms with E-state index in [9.17, 15) is 5.26 Å². The Labute approximate surface area is 182 Å². The van der Waals surface area contributed by atoms with E-state index in [1.165, 1.54) is 0 Å². The van der Waals surface area contributed by atoms with Crippen molar-refractivity contribution in [3.63, 3.8) is 0 Å². The standard InChI is InChI=1S/C24H26N6O/c1-4-10-27-24(3)8-11-29(12-9-24)22-7-6-18(15-26-22)21-13-20(31-5-2)17-30-23(21)19(14-25)16-28-30/h1,6-7,13,15-17,27H,5,8-12H2,2-3H3. The Morgan fingerprint density at radius 3 is 2.74 bits per heavy atom. The summed E-state index contributed by atoms with van der Waals surface area (Å²) in [6.07, 6.45) is 12.6. The third kappa shape index (κ3) is 4.19. The molecule has 1 aliphatic heterocycles. The van der Waals surface area contributed by atoms with Crippen LogP contribution in [0.2, 0.25) is 0 Å². The van der Waals surface area contributed by atoms with Crippen molar-refractivity contribution in [3.8, 4) is 35.3 Å². The summed E-state index contributed by atoms with van der Waals surface area (Å²) in [5.74, 6) is 4.32. The molecule has 0 saturated carbocycles. The van der Waals surface area contributed by atoms with Gasteiger partial charge in [0.25, 0.3) is 0 Å². The Morgan fingerprint density at radius 2 is 2.10 bits per heavy atom. The second-order valence-corrected chi connectivity index (χ2v) is 8.00. The summed E-state index contributed by atoms with van der Waals surface area (Å²) >= 11 is 0. The molecule has 0 atom stereocenters. The smallest absolute Gasteiger partial charge is 0.138 e. The maximum Gasteiger partial charge on any atom is 0.138 e. The molecule has 3 aromatic rings. The van der Waals surface area contributed by atoms with E-state index in [0.717, 1.165) is 48.4 Å². The maximum atomic E-state index is 9.51. The zero-order valence-electron chi connectivity index (χ0n) is 17.9. The van der Waals surface area contributed by atoms with E-state index in [2.05, 4.69) is 34.2 Å². The molecule has 4 rings (SSSR count). The first-order chi connectivity index (χ1) is 15.1. The number of nitrogens with zero attached hydrogens (tertiary/aromatic N) is 5. The van der Waals surface area contributed by atoms with Gasteiger partial charge in [0.1, 0.15) is 17.6 Å². The SMILES string of the molecule is C#CCNC1(C)CCN(c2ccc(-c3cc(OCC)cn4ncc(C#N)c34)cn2)CC1. The Hall–Kier alpha value is -3.55. The molecular weight excluding hydrogens is 388 g/mol. The number of anilines is 1. The zero-order chi connectivity index (χ0) is 21.8. The molecule has 7 heteroatoms. The van der Waals surface area contributed by atoms with Crippen molar-refractivity contribution in [2.24, 2.45) is 0 Å². The number of ether oxygens (including phenoxy) is 1. The van der Waals surface area contributed by atoms with Crippen LogP contribution in [0.15, 0.2) is 36.8 Å². The molecule has 0 bridgehead atoms. The van der Waals surface area contributed by atoms with Crippen LogP contribution in [0, 0.1) is 23.7 Å². The highest BCUT2D eigenvalue weighted by Crippen LogP contribution is 2.32. The minimum atomic E-state index is 0.0732. The van der Waals surface area contributed by atoms with Gasteiger partial charge in [-0.2, -0.15) is 10.4 Å². The van der Waals surface area contributed by atoms with Gasteiger partial charge in [-0.15, -0.1) is 6.42 Å². The van der Waals surface area contributed by atoms with Crippen molar-refractivity contribution in [3.05, 3.63) is 42.4 Å². The Kier molecular flexibility index (Phi) is 5.79. The van der Waals surface area contributed by atoms with Crippen LogP contribution in [0.3, 0.4) is 0 Å². The topological polar surface area (TPSA) is 78.5 Å². The van der Waals surface area contributed by atoms with Gasteiger partial charge in [-0.1, -0.05) is 5.92 Å². The minimum absolute atomic E-state index is 0.0732. The highest BCUT2D eigenvalue weighted by atomic mass is 16.5. The van der Waals surface area contributed by atoms with Crippen molar-refractivity contribution >= 4 is 11.3 Å². The second-order valence-electron chi connectivity index (χ2n) is 8.00. The molecule has 0 radical (unpaired) electrons. The highest BCUT2D eigenvalue weighted by Gasteiger charge is 2.29. The first-order valence-electron chi connectivity index (χ1n) is 10.5. The van der Waals surface area contributed by atoms with E-state index in [4.69, 9.17) is 16.1 Å². The molecule has 0 aliphatic carbocycles. The molecular formula is C24H26N6O. The molecule has 7 nitrogen and oxygen atoms in total. The number of nitriles is 1. The van der Waals surface area contributed by atoms with Gasteiger partial charge in [0.05, 0.1) is 36.6 Å². The number of rotatable bonds is 6. The summed E-state index contributed by atoms with van der Waals surface area (Å²) in [4.78, 5) is 7.03. The number of fused-ring (bicyclic) bond motifs is 1. The number of nitrogens with one attached hydrogen (secondary N) is 1. The van der Waals surface area contributed by atoms with E-state index < -0.39 is 0 Å². The van der Waals surface area contributed by atoms with Crippen molar-refractivity contribution in [2.75, 3.05) is 31.1 Å². The second kappa shape index (κ2) is 8.67. The molecule has 0 aromatic carbocycles. The van der Waals surface area contributed by atoms with Crippen LogP contribution < -0.4 is 15.0 Å². The predicted molar refractivity (Wildman–Crippen MR) is 121 cm³/mol. The van der Waals surface area contributed by atoms with E-state index in [0.29, 0.717) is 24.5 Å². The minimum Gasteiger partial charge on any atom is -0.492 e. The monoisotopic (exact) mass is 414 g/mol. The third-order valence-corrected chi connectivity index (χ3v) is 5.89. The fourth-order valence-corrected chi connectivity index (χ4v) is 4.05. The molecule has 31 heavy (non-hydrogen) atoms. The van der Waals surface area contributed by atoms with Gasteiger partial charge in [-0.3, -0.25) is 0 Å². The average molecular weight is 415 g/mol. The predicted octanol–water partition coefficient (Wildman–Crippen LogP) is 3.25. The van der Waals surface area contributed by atoms with Gasteiger partial charge in [-0.05, 0) is 44.9 Å². The fourth-order valence-electron chi connectivity index (χ4n) is 4.05. The van der Waals surface area contributed by atoms with Crippen LogP contribution in [0.25, 0.3) is 16.6 Å². The van der Waals surface area contributed by atoms with Crippen LogP contribution in [-0.4, -0.2) is 46.4 Å². The quantitative estimate of drug-likeness (QED) is 0.624. The van der Waals surface area contributed by atoms with Crippen LogP contribution in [0.5, 0.6) is 5.75 Å². The third-order valence-electron chi connectivity index (χ3n) is 5.89. The summed E-state index contributed by atoms with van der Waals surface area (Å²) in [5.41, 5.74) is 3.16. The van der Waals surface area contributed by atoms with E-state index >= 15 is 0 Å². The summed E-state index contributed by atoms with van der Waals surface area (Å²) < 4.78 is 7.39. The van der Waals surface area contributed by atoms with Crippen molar-refractivity contribution in [1.82, 2.24) is 19.9 Å². The van der Waals surface area contributed by atoms with E-state index in [1.807, 2.05) is 31.3 Å². The van der Waals surface area contributed by atoms with Crippen molar-refractivity contribution in [2.45, 2.75) is 32.2 Å². The number of hydrogen-bond donors (Lipinski definition) is 1. The zero-order valence-corrected chi connectivity index (χ0v) is 17.9. The van der Waals surface area contributed by atoms with Crippen LogP contribution in [-0.2, 0) is 0 Å². The molecule has 3 aromatic heterocycles. The Morgan fingerprint density at radius 1 is 1.29 bits per heavy atom. The van der Waals surface area contributed by atoms with Gasteiger partial charge in [-0.25, -0.2) is 9.50 Å². The fraction of sp³-hybridized carbons (Fsp3) is 0.375. The van der Waals surface area contributed by atoms with E-state index in [-0.39, 0.29) is 5.54 Å². The maximum absolute atomic E-state index is 9.51. The molecule has 158 valence electrons. The molecule has 1 saturated heterocycles. The van der Waals surface area contributed by atoms with Crippen molar-refractivity contribution < 1.29 is 4.74 Å². The molecule has 1 fully saturated rings. The normalized spacial score (nSPS) is 15.4. The molecule has 0 unspecified atom stereocenters. The van der Waals surface area contributed by atoms with Gasteiger partial charge in [0.15, 0.2) is 0 Å². The van der Waals surface area contributed by atoms with Crippen molar-refractivity contribution in [1.29, 1.82) is 5.26 Å². The first-order valence-corrected chi connectivity index (χ1v) is 10.5. The lowest BCUT2D eigenvalue weighted by molar-refractivity contribution is 0.296. The van der Waals surface area contributed by atoms with Gasteiger partial charge in [0.2, 0.25) is 0 Å². The lowest BCUT2D eigenvalue weighted by Gasteiger charge is -2.40. The van der Waals surface area contributed by atoms with Crippen LogP contribution >= 0.6 is 0 Å². The summed E-state index contributed by atoms with van der Waals surface area (Å²) in [7, 11) is 0.